The van der Waals surface area contributed by atoms with Crippen molar-refractivity contribution < 1.29 is 4.39 Å². The van der Waals surface area contributed by atoms with E-state index in [0.717, 1.165) is 25.1 Å². The van der Waals surface area contributed by atoms with Gasteiger partial charge in [0.25, 0.3) is 0 Å². The second kappa shape index (κ2) is 6.61. The summed E-state index contributed by atoms with van der Waals surface area (Å²) in [6.07, 6.45) is 0.990. The fourth-order valence-electron chi connectivity index (χ4n) is 1.96. The summed E-state index contributed by atoms with van der Waals surface area (Å²) in [7, 11) is 4.02. The van der Waals surface area contributed by atoms with Crippen molar-refractivity contribution in [2.24, 2.45) is 0 Å². The molecule has 1 aromatic carbocycles. The standard InChI is InChI=1S/C13H21FN2/c1-4-13(16(3)9-8-15-2)11-6-5-7-12(14)10-11/h5-7,10,13,15H,4,8-9H2,1-3H3. The Balaban J connectivity index is 2.73. The topological polar surface area (TPSA) is 15.3 Å². The normalized spacial score (nSPS) is 13.1. The first kappa shape index (κ1) is 13.1. The molecule has 0 saturated heterocycles. The van der Waals surface area contributed by atoms with Crippen LogP contribution in [0.5, 0.6) is 0 Å². The molecule has 0 heterocycles. The first-order chi connectivity index (χ1) is 7.69. The van der Waals surface area contributed by atoms with E-state index in [1.165, 1.54) is 6.07 Å². The van der Waals surface area contributed by atoms with E-state index in [-0.39, 0.29) is 5.82 Å². The van der Waals surface area contributed by atoms with Gasteiger partial charge >= 0.3 is 0 Å². The number of hydrogen-bond acceptors (Lipinski definition) is 2. The molecular formula is C13H21FN2. The molecule has 16 heavy (non-hydrogen) atoms. The summed E-state index contributed by atoms with van der Waals surface area (Å²) in [6, 6.07) is 7.18. The first-order valence-corrected chi connectivity index (χ1v) is 5.79. The van der Waals surface area contributed by atoms with Gasteiger partial charge in [-0.25, -0.2) is 4.39 Å². The summed E-state index contributed by atoms with van der Waals surface area (Å²) in [4.78, 5) is 2.26. The minimum Gasteiger partial charge on any atom is -0.318 e. The Hall–Kier alpha value is -0.930. The van der Waals surface area contributed by atoms with Crippen molar-refractivity contribution in [3.05, 3.63) is 35.6 Å². The Morgan fingerprint density at radius 1 is 1.44 bits per heavy atom. The highest BCUT2D eigenvalue weighted by molar-refractivity contribution is 5.20. The third-order valence-corrected chi connectivity index (χ3v) is 2.87. The van der Waals surface area contributed by atoms with Crippen molar-refractivity contribution >= 4 is 0 Å². The smallest absolute Gasteiger partial charge is 0.123 e. The lowest BCUT2D eigenvalue weighted by molar-refractivity contribution is 0.240. The highest BCUT2D eigenvalue weighted by Gasteiger charge is 2.14. The van der Waals surface area contributed by atoms with Crippen LogP contribution in [0.15, 0.2) is 24.3 Å². The maximum absolute atomic E-state index is 13.1. The summed E-state index contributed by atoms with van der Waals surface area (Å²) in [5.41, 5.74) is 1.06. The van der Waals surface area contributed by atoms with E-state index in [0.29, 0.717) is 6.04 Å². The predicted octanol–water partition coefficient (Wildman–Crippen LogP) is 2.43. The monoisotopic (exact) mass is 224 g/mol. The van der Waals surface area contributed by atoms with Crippen LogP contribution in [0.2, 0.25) is 0 Å². The molecule has 1 aromatic rings. The van der Waals surface area contributed by atoms with Crippen LogP contribution in [0.3, 0.4) is 0 Å². The molecule has 1 N–H and O–H groups in total. The van der Waals surface area contributed by atoms with Crippen molar-refractivity contribution in [2.45, 2.75) is 19.4 Å². The number of halogens is 1. The molecule has 1 atom stereocenters. The van der Waals surface area contributed by atoms with Gasteiger partial charge in [-0.3, -0.25) is 4.90 Å². The van der Waals surface area contributed by atoms with E-state index < -0.39 is 0 Å². The average molecular weight is 224 g/mol. The van der Waals surface area contributed by atoms with E-state index in [1.807, 2.05) is 13.1 Å². The largest absolute Gasteiger partial charge is 0.318 e. The average Bonchev–Trinajstić information content (AvgIpc) is 2.27. The van der Waals surface area contributed by atoms with Gasteiger partial charge in [0, 0.05) is 19.1 Å². The minimum atomic E-state index is -0.155. The zero-order valence-corrected chi connectivity index (χ0v) is 10.3. The van der Waals surface area contributed by atoms with E-state index in [2.05, 4.69) is 24.2 Å². The van der Waals surface area contributed by atoms with Crippen molar-refractivity contribution in [2.75, 3.05) is 27.2 Å². The highest BCUT2D eigenvalue weighted by Crippen LogP contribution is 2.22. The fourth-order valence-corrected chi connectivity index (χ4v) is 1.96. The number of rotatable bonds is 6. The lowest BCUT2D eigenvalue weighted by Crippen LogP contribution is -2.30. The Kier molecular flexibility index (Phi) is 5.43. The molecule has 0 aromatic heterocycles. The number of nitrogens with one attached hydrogen (secondary N) is 1. The van der Waals surface area contributed by atoms with Crippen molar-refractivity contribution in [3.63, 3.8) is 0 Å². The van der Waals surface area contributed by atoms with Gasteiger partial charge in [-0.2, -0.15) is 0 Å². The molecule has 0 aliphatic heterocycles. The SMILES string of the molecule is CCC(c1cccc(F)c1)N(C)CCNC. The molecule has 0 bridgehead atoms. The molecule has 0 spiro atoms. The van der Waals surface area contributed by atoms with E-state index in [9.17, 15) is 4.39 Å². The van der Waals surface area contributed by atoms with Crippen LogP contribution in [-0.4, -0.2) is 32.1 Å². The van der Waals surface area contributed by atoms with Gasteiger partial charge in [0.1, 0.15) is 5.82 Å². The van der Waals surface area contributed by atoms with Gasteiger partial charge < -0.3 is 5.32 Å². The molecule has 90 valence electrons. The van der Waals surface area contributed by atoms with Gasteiger partial charge in [0.15, 0.2) is 0 Å². The fraction of sp³-hybridized carbons (Fsp3) is 0.538. The maximum atomic E-state index is 13.1. The maximum Gasteiger partial charge on any atom is 0.123 e. The van der Waals surface area contributed by atoms with Crippen LogP contribution in [-0.2, 0) is 0 Å². The number of likely N-dealkylation sites (N-methyl/N-ethyl adjacent to an activating group) is 2. The quantitative estimate of drug-likeness (QED) is 0.798. The van der Waals surface area contributed by atoms with Crippen molar-refractivity contribution in [1.29, 1.82) is 0 Å². The molecule has 1 rings (SSSR count). The van der Waals surface area contributed by atoms with Crippen LogP contribution in [0, 0.1) is 5.82 Å². The summed E-state index contributed by atoms with van der Waals surface area (Å²) in [5, 5.41) is 3.12. The van der Waals surface area contributed by atoms with Crippen molar-refractivity contribution in [3.8, 4) is 0 Å². The molecule has 0 radical (unpaired) electrons. The second-order valence-corrected chi connectivity index (χ2v) is 4.06. The van der Waals surface area contributed by atoms with Crippen LogP contribution in [0.25, 0.3) is 0 Å². The van der Waals surface area contributed by atoms with Crippen molar-refractivity contribution in [1.82, 2.24) is 10.2 Å². The molecule has 2 nitrogen and oxygen atoms in total. The van der Waals surface area contributed by atoms with Crippen LogP contribution < -0.4 is 5.32 Å². The number of nitrogens with zero attached hydrogens (tertiary/aromatic N) is 1. The van der Waals surface area contributed by atoms with Gasteiger partial charge in [-0.15, -0.1) is 0 Å². The van der Waals surface area contributed by atoms with Gasteiger partial charge in [0.2, 0.25) is 0 Å². The van der Waals surface area contributed by atoms with E-state index in [1.54, 1.807) is 12.1 Å². The second-order valence-electron chi connectivity index (χ2n) is 4.06. The summed E-state index contributed by atoms with van der Waals surface area (Å²) >= 11 is 0. The zero-order chi connectivity index (χ0) is 12.0. The Bertz CT molecular complexity index is 315. The van der Waals surface area contributed by atoms with E-state index in [4.69, 9.17) is 0 Å². The summed E-state index contributed by atoms with van der Waals surface area (Å²) in [5.74, 6) is -0.155. The predicted molar refractivity (Wildman–Crippen MR) is 66.0 cm³/mol. The van der Waals surface area contributed by atoms with E-state index >= 15 is 0 Å². The third-order valence-electron chi connectivity index (χ3n) is 2.87. The van der Waals surface area contributed by atoms with Crippen LogP contribution in [0.4, 0.5) is 4.39 Å². The number of benzene rings is 1. The summed E-state index contributed by atoms with van der Waals surface area (Å²) in [6.45, 7) is 4.04. The molecule has 0 amide bonds. The van der Waals surface area contributed by atoms with Gasteiger partial charge in [-0.1, -0.05) is 19.1 Å². The van der Waals surface area contributed by atoms with Gasteiger partial charge in [0.05, 0.1) is 0 Å². The minimum absolute atomic E-state index is 0.155. The molecular weight excluding hydrogens is 203 g/mol. The lowest BCUT2D eigenvalue weighted by Gasteiger charge is -2.27. The highest BCUT2D eigenvalue weighted by atomic mass is 19.1. The zero-order valence-electron chi connectivity index (χ0n) is 10.3. The lowest BCUT2D eigenvalue weighted by atomic mass is 10.0. The molecule has 3 heteroatoms. The Morgan fingerprint density at radius 3 is 2.75 bits per heavy atom. The van der Waals surface area contributed by atoms with Gasteiger partial charge in [-0.05, 0) is 38.2 Å². The number of hydrogen-bond donors (Lipinski definition) is 1. The molecule has 0 saturated carbocycles. The van der Waals surface area contributed by atoms with Crippen LogP contribution in [0.1, 0.15) is 24.9 Å². The molecule has 0 fully saturated rings. The molecule has 0 aliphatic rings. The summed E-state index contributed by atoms with van der Waals surface area (Å²) < 4.78 is 13.1. The Labute approximate surface area is 97.5 Å². The molecule has 0 aliphatic carbocycles. The first-order valence-electron chi connectivity index (χ1n) is 5.79. The Morgan fingerprint density at radius 2 is 2.19 bits per heavy atom. The van der Waals surface area contributed by atoms with Crippen LogP contribution >= 0.6 is 0 Å². The third kappa shape index (κ3) is 3.58. The molecule has 1 unspecified atom stereocenters.